The molecule has 0 N–H and O–H groups in total. The molecule has 10 heteroatoms. The van der Waals surface area contributed by atoms with Crippen molar-refractivity contribution < 1.29 is 13.5 Å². The summed E-state index contributed by atoms with van der Waals surface area (Å²) in [6.07, 6.45) is 0. The summed E-state index contributed by atoms with van der Waals surface area (Å²) in [5.41, 5.74) is 1.86. The average molecular weight is 485 g/mol. The van der Waals surface area contributed by atoms with Crippen molar-refractivity contribution in [3.8, 4) is 11.4 Å². The Labute approximate surface area is 194 Å². The van der Waals surface area contributed by atoms with Gasteiger partial charge in [0.15, 0.2) is 11.0 Å². The summed E-state index contributed by atoms with van der Waals surface area (Å²) in [6.45, 7) is 2.06. The maximum Gasteiger partial charge on any atom is 0.289 e. The average Bonchev–Trinajstić information content (AvgIpc) is 3.16. The smallest absolute Gasteiger partial charge is 0.289 e. The van der Waals surface area contributed by atoms with Gasteiger partial charge in [0.1, 0.15) is 5.75 Å². The van der Waals surface area contributed by atoms with Gasteiger partial charge in [0.25, 0.3) is 5.76 Å². The number of halogens is 3. The van der Waals surface area contributed by atoms with Crippen molar-refractivity contribution in [3.05, 3.63) is 58.9 Å². The molecule has 5 nitrogen and oxygen atoms in total. The van der Waals surface area contributed by atoms with E-state index < -0.39 is 5.76 Å². The molecule has 0 amide bonds. The van der Waals surface area contributed by atoms with Crippen molar-refractivity contribution in [2.45, 2.75) is 34.5 Å². The number of ether oxygens (including phenoxy) is 1. The van der Waals surface area contributed by atoms with Crippen LogP contribution in [-0.4, -0.2) is 46.6 Å². The van der Waals surface area contributed by atoms with Crippen molar-refractivity contribution in [3.63, 3.8) is 0 Å². The number of methoxy groups -OCH3 is 1. The first-order valence-corrected chi connectivity index (χ1v) is 11.7. The van der Waals surface area contributed by atoms with Crippen molar-refractivity contribution in [1.29, 1.82) is 0 Å². The molecule has 0 aliphatic carbocycles. The van der Waals surface area contributed by atoms with Crippen LogP contribution < -0.4 is 4.74 Å². The first-order valence-electron chi connectivity index (χ1n) is 9.42. The molecule has 0 aliphatic heterocycles. The fourth-order valence-electron chi connectivity index (χ4n) is 2.85. The molecule has 0 bridgehead atoms. The maximum absolute atomic E-state index is 12.7. The first kappa shape index (κ1) is 23.8. The molecule has 0 fully saturated rings. The monoisotopic (exact) mass is 484 g/mol. The molecular formula is C21H23ClF2N4OS2. The summed E-state index contributed by atoms with van der Waals surface area (Å²) in [5, 5.41) is 10.2. The molecule has 31 heavy (non-hydrogen) atoms. The first-order chi connectivity index (χ1) is 14.8. The van der Waals surface area contributed by atoms with E-state index in [-0.39, 0.29) is 6.04 Å². The molecule has 1 unspecified atom stereocenters. The Kier molecular flexibility index (Phi) is 8.21. The quantitative estimate of drug-likeness (QED) is 0.339. The second-order valence-corrected chi connectivity index (χ2v) is 9.36. The van der Waals surface area contributed by atoms with Crippen molar-refractivity contribution in [1.82, 2.24) is 19.7 Å². The van der Waals surface area contributed by atoms with E-state index >= 15 is 0 Å². The summed E-state index contributed by atoms with van der Waals surface area (Å²) in [7, 11) is 5.46. The molecule has 3 rings (SSSR count). The fourth-order valence-corrected chi connectivity index (χ4v) is 4.48. The van der Waals surface area contributed by atoms with Crippen LogP contribution in [-0.2, 0) is 5.75 Å². The van der Waals surface area contributed by atoms with Crippen molar-refractivity contribution in [2.24, 2.45) is 0 Å². The van der Waals surface area contributed by atoms with Crippen molar-refractivity contribution >= 4 is 35.1 Å². The van der Waals surface area contributed by atoms with Gasteiger partial charge in [0.2, 0.25) is 0 Å². The number of hydrogen-bond donors (Lipinski definition) is 0. The van der Waals surface area contributed by atoms with E-state index in [9.17, 15) is 8.78 Å². The zero-order valence-corrected chi connectivity index (χ0v) is 19.9. The van der Waals surface area contributed by atoms with Crippen LogP contribution in [0.2, 0.25) is 5.02 Å². The maximum atomic E-state index is 12.7. The lowest BCUT2D eigenvalue weighted by Crippen LogP contribution is -2.20. The summed E-state index contributed by atoms with van der Waals surface area (Å²) >= 11 is 8.06. The largest absolute Gasteiger partial charge is 0.496 e. The van der Waals surface area contributed by atoms with E-state index in [4.69, 9.17) is 16.3 Å². The van der Waals surface area contributed by atoms with Crippen LogP contribution in [0.5, 0.6) is 5.75 Å². The van der Waals surface area contributed by atoms with E-state index in [1.807, 2.05) is 49.0 Å². The fraction of sp³-hybridized carbons (Fsp3) is 0.333. The van der Waals surface area contributed by atoms with Gasteiger partial charge in [-0.15, -0.1) is 10.2 Å². The Morgan fingerprint density at radius 3 is 2.45 bits per heavy atom. The number of thioether (sulfide) groups is 2. The molecule has 1 aromatic heterocycles. The Morgan fingerprint density at radius 2 is 1.84 bits per heavy atom. The van der Waals surface area contributed by atoms with Gasteiger partial charge >= 0.3 is 0 Å². The van der Waals surface area contributed by atoms with Crippen molar-refractivity contribution in [2.75, 3.05) is 21.2 Å². The minimum absolute atomic E-state index is 0.0447. The van der Waals surface area contributed by atoms with Gasteiger partial charge in [-0.2, -0.15) is 8.78 Å². The Hall–Kier alpha value is -1.81. The number of aromatic nitrogens is 3. The van der Waals surface area contributed by atoms with Gasteiger partial charge in [-0.05, 0) is 63.0 Å². The highest BCUT2D eigenvalue weighted by Gasteiger charge is 2.21. The molecular weight excluding hydrogens is 462 g/mol. The molecule has 166 valence electrons. The van der Waals surface area contributed by atoms with E-state index in [1.165, 1.54) is 18.9 Å². The predicted octanol–water partition coefficient (Wildman–Crippen LogP) is 6.16. The summed E-state index contributed by atoms with van der Waals surface area (Å²) < 4.78 is 32.8. The molecule has 0 saturated carbocycles. The van der Waals surface area contributed by atoms with Crippen LogP contribution in [0.25, 0.3) is 5.69 Å². The zero-order valence-electron chi connectivity index (χ0n) is 17.6. The van der Waals surface area contributed by atoms with Crippen LogP contribution in [0.15, 0.2) is 52.5 Å². The van der Waals surface area contributed by atoms with Crippen LogP contribution >= 0.6 is 35.1 Å². The van der Waals surface area contributed by atoms with Crippen LogP contribution in [0.4, 0.5) is 8.78 Å². The van der Waals surface area contributed by atoms with E-state index in [0.29, 0.717) is 33.2 Å². The highest BCUT2D eigenvalue weighted by atomic mass is 35.5. The SMILES string of the molecule is COc1cc(CSc2nnc(C(C)N(C)C)n2-c2ccc(Cl)cc2)ccc1SC(F)F. The second kappa shape index (κ2) is 10.7. The highest BCUT2D eigenvalue weighted by Crippen LogP contribution is 2.36. The standard InChI is InChI=1S/C21H23ClF2N4OS2/c1-13(27(2)3)19-25-26-21(28(19)16-8-6-15(22)7-9-16)30-12-14-5-10-18(31-20(23)24)17(11-14)29-4/h5-11,13,20H,12H2,1-4H3. The molecule has 1 atom stereocenters. The zero-order chi connectivity index (χ0) is 22.5. The number of benzene rings is 2. The van der Waals surface area contributed by atoms with Gasteiger partial charge in [0, 0.05) is 16.5 Å². The molecule has 0 radical (unpaired) electrons. The minimum atomic E-state index is -2.50. The Bertz CT molecular complexity index is 1020. The summed E-state index contributed by atoms with van der Waals surface area (Å²) in [6, 6.07) is 12.8. The third-order valence-electron chi connectivity index (χ3n) is 4.70. The second-order valence-electron chi connectivity index (χ2n) is 6.94. The number of hydrogen-bond acceptors (Lipinski definition) is 6. The Morgan fingerprint density at radius 1 is 1.13 bits per heavy atom. The lowest BCUT2D eigenvalue weighted by Gasteiger charge is -2.20. The molecule has 3 aromatic rings. The normalized spacial score (nSPS) is 12.5. The molecule has 0 spiro atoms. The third-order valence-corrected chi connectivity index (χ3v) is 6.72. The van der Waals surface area contributed by atoms with Crippen LogP contribution in [0.1, 0.15) is 24.4 Å². The number of rotatable bonds is 9. The number of nitrogens with zero attached hydrogens (tertiary/aromatic N) is 4. The molecule has 1 heterocycles. The molecule has 0 aliphatic rings. The predicted molar refractivity (Wildman–Crippen MR) is 123 cm³/mol. The third kappa shape index (κ3) is 5.91. The number of alkyl halides is 2. The van der Waals surface area contributed by atoms with Gasteiger partial charge in [-0.25, -0.2) is 0 Å². The molecule has 2 aromatic carbocycles. The highest BCUT2D eigenvalue weighted by molar-refractivity contribution is 7.99. The van der Waals surface area contributed by atoms with E-state index in [1.54, 1.807) is 12.1 Å². The van der Waals surface area contributed by atoms with Gasteiger partial charge in [-0.1, -0.05) is 41.2 Å². The van der Waals surface area contributed by atoms with Gasteiger partial charge in [0.05, 0.1) is 18.0 Å². The topological polar surface area (TPSA) is 43.2 Å². The van der Waals surface area contributed by atoms with Gasteiger partial charge < -0.3 is 4.74 Å². The van der Waals surface area contributed by atoms with Crippen LogP contribution in [0.3, 0.4) is 0 Å². The summed E-state index contributed by atoms with van der Waals surface area (Å²) in [4.78, 5) is 2.48. The van der Waals surface area contributed by atoms with Gasteiger partial charge in [-0.3, -0.25) is 9.47 Å². The summed E-state index contributed by atoms with van der Waals surface area (Å²) in [5.74, 6) is -0.664. The van der Waals surface area contributed by atoms with E-state index in [0.717, 1.165) is 22.2 Å². The lowest BCUT2D eigenvalue weighted by atomic mass is 10.2. The van der Waals surface area contributed by atoms with E-state index in [2.05, 4.69) is 22.0 Å². The Balaban J connectivity index is 1.89. The minimum Gasteiger partial charge on any atom is -0.496 e. The molecule has 0 saturated heterocycles. The van der Waals surface area contributed by atoms with Crippen LogP contribution in [0, 0.1) is 0 Å². The lowest BCUT2D eigenvalue weighted by molar-refractivity contribution is 0.251.